The second-order valence-electron chi connectivity index (χ2n) is 4.42. The van der Waals surface area contributed by atoms with Crippen molar-refractivity contribution in [3.05, 3.63) is 12.7 Å². The number of carbonyl (C=O) groups excluding carboxylic acids is 1. The molecule has 0 radical (unpaired) electrons. The summed E-state index contributed by atoms with van der Waals surface area (Å²) in [5.74, 6) is -1.05. The average molecular weight is 241 g/mol. The van der Waals surface area contributed by atoms with Gasteiger partial charge in [-0.2, -0.15) is 0 Å². The molecule has 94 valence electrons. The van der Waals surface area contributed by atoms with Crippen molar-refractivity contribution < 1.29 is 24.2 Å². The summed E-state index contributed by atoms with van der Waals surface area (Å²) >= 11 is 0. The van der Waals surface area contributed by atoms with Crippen LogP contribution < -0.4 is 0 Å². The number of carbonyl (C=O) groups is 2. The van der Waals surface area contributed by atoms with Gasteiger partial charge in [0.1, 0.15) is 12.0 Å². The molecule has 1 amide bonds. The highest BCUT2D eigenvalue weighted by atomic mass is 16.6. The van der Waals surface area contributed by atoms with E-state index in [1.54, 1.807) is 0 Å². The molecular weight excluding hydrogens is 226 g/mol. The molecule has 2 saturated heterocycles. The minimum absolute atomic E-state index is 0.135. The van der Waals surface area contributed by atoms with Crippen molar-refractivity contribution in [3.8, 4) is 0 Å². The maximum atomic E-state index is 11.6. The minimum atomic E-state index is -0.951. The number of rotatable bonds is 3. The molecule has 2 aliphatic heterocycles. The van der Waals surface area contributed by atoms with Crippen molar-refractivity contribution >= 4 is 12.1 Å². The van der Waals surface area contributed by atoms with Gasteiger partial charge in [-0.25, -0.2) is 4.79 Å². The Morgan fingerprint density at radius 3 is 3.00 bits per heavy atom. The summed E-state index contributed by atoms with van der Waals surface area (Å²) < 4.78 is 10.1. The Balaban J connectivity index is 2.05. The fourth-order valence-corrected chi connectivity index (χ4v) is 2.40. The van der Waals surface area contributed by atoms with Crippen LogP contribution in [0.25, 0.3) is 0 Å². The highest BCUT2D eigenvalue weighted by Gasteiger charge is 2.57. The van der Waals surface area contributed by atoms with E-state index in [0.717, 1.165) is 0 Å². The van der Waals surface area contributed by atoms with Crippen LogP contribution in [0.4, 0.5) is 4.79 Å². The summed E-state index contributed by atoms with van der Waals surface area (Å²) in [6.07, 6.45) is 0.991. The molecule has 2 fully saturated rings. The number of hydrogen-bond donors (Lipinski definition) is 1. The first-order chi connectivity index (χ1) is 8.10. The molecule has 0 aromatic rings. The first kappa shape index (κ1) is 11.9. The molecule has 0 unspecified atom stereocenters. The van der Waals surface area contributed by atoms with Gasteiger partial charge in [0, 0.05) is 19.0 Å². The number of carboxylic acid groups (broad SMARTS) is 1. The molecule has 0 aliphatic carbocycles. The van der Waals surface area contributed by atoms with Crippen LogP contribution in [-0.2, 0) is 14.3 Å². The highest BCUT2D eigenvalue weighted by Crippen LogP contribution is 2.41. The van der Waals surface area contributed by atoms with Crippen LogP contribution in [0.2, 0.25) is 0 Å². The van der Waals surface area contributed by atoms with Crippen LogP contribution in [0.1, 0.15) is 0 Å². The van der Waals surface area contributed by atoms with E-state index in [4.69, 9.17) is 9.47 Å². The predicted octanol–water partition coefficient (Wildman–Crippen LogP) is 0.342. The molecule has 6 nitrogen and oxygen atoms in total. The summed E-state index contributed by atoms with van der Waals surface area (Å²) in [4.78, 5) is 24.4. The van der Waals surface area contributed by atoms with Crippen molar-refractivity contribution in [1.82, 2.24) is 4.90 Å². The Morgan fingerprint density at radius 1 is 1.65 bits per heavy atom. The van der Waals surface area contributed by atoms with E-state index in [-0.39, 0.29) is 25.7 Å². The van der Waals surface area contributed by atoms with Crippen LogP contribution in [0.5, 0.6) is 0 Å². The Hall–Kier alpha value is -1.56. The van der Waals surface area contributed by atoms with Crippen LogP contribution in [-0.4, -0.2) is 55.0 Å². The van der Waals surface area contributed by atoms with Gasteiger partial charge in [-0.1, -0.05) is 12.7 Å². The van der Waals surface area contributed by atoms with Gasteiger partial charge in [-0.15, -0.1) is 0 Å². The maximum Gasteiger partial charge on any atom is 0.410 e. The van der Waals surface area contributed by atoms with E-state index in [2.05, 4.69) is 6.58 Å². The van der Waals surface area contributed by atoms with Gasteiger partial charge >= 0.3 is 12.1 Å². The number of ether oxygens (including phenoxy) is 2. The summed E-state index contributed by atoms with van der Waals surface area (Å²) in [5, 5.41) is 9.27. The summed E-state index contributed by atoms with van der Waals surface area (Å²) in [6, 6.07) is 0. The van der Waals surface area contributed by atoms with Crippen LogP contribution in [0, 0.1) is 11.3 Å². The molecule has 2 rings (SSSR count). The van der Waals surface area contributed by atoms with Gasteiger partial charge in [0.15, 0.2) is 0 Å². The van der Waals surface area contributed by atoms with Crippen molar-refractivity contribution in [2.75, 3.05) is 32.9 Å². The number of aliphatic carboxylic acids is 1. The zero-order valence-corrected chi connectivity index (χ0v) is 9.42. The zero-order valence-electron chi connectivity index (χ0n) is 9.42. The second kappa shape index (κ2) is 4.37. The van der Waals surface area contributed by atoms with Gasteiger partial charge in [0.25, 0.3) is 0 Å². The van der Waals surface area contributed by atoms with E-state index in [9.17, 15) is 14.7 Å². The van der Waals surface area contributed by atoms with Gasteiger partial charge in [0.2, 0.25) is 0 Å². The first-order valence-electron chi connectivity index (χ1n) is 5.44. The number of fused-ring (bicyclic) bond motifs is 1. The van der Waals surface area contributed by atoms with Gasteiger partial charge in [-0.3, -0.25) is 4.79 Å². The van der Waals surface area contributed by atoms with Crippen LogP contribution >= 0.6 is 0 Å². The number of likely N-dealkylation sites (tertiary alicyclic amines) is 1. The van der Waals surface area contributed by atoms with Crippen molar-refractivity contribution in [2.24, 2.45) is 11.3 Å². The van der Waals surface area contributed by atoms with E-state index >= 15 is 0 Å². The third-order valence-electron chi connectivity index (χ3n) is 3.38. The summed E-state index contributed by atoms with van der Waals surface area (Å²) in [7, 11) is 0. The Bertz CT molecular complexity index is 356. The van der Waals surface area contributed by atoms with Crippen LogP contribution in [0.3, 0.4) is 0 Å². The van der Waals surface area contributed by atoms with Crippen molar-refractivity contribution in [1.29, 1.82) is 0 Å². The molecule has 0 aromatic carbocycles. The lowest BCUT2D eigenvalue weighted by Gasteiger charge is -2.21. The van der Waals surface area contributed by atoms with E-state index in [1.165, 1.54) is 11.0 Å². The Labute approximate surface area is 98.8 Å². The molecule has 0 aromatic heterocycles. The van der Waals surface area contributed by atoms with E-state index in [0.29, 0.717) is 13.2 Å². The number of amides is 1. The van der Waals surface area contributed by atoms with Gasteiger partial charge in [0.05, 0.1) is 13.2 Å². The van der Waals surface area contributed by atoms with Gasteiger partial charge in [-0.05, 0) is 0 Å². The Morgan fingerprint density at radius 2 is 2.41 bits per heavy atom. The second-order valence-corrected chi connectivity index (χ2v) is 4.42. The highest BCUT2D eigenvalue weighted by molar-refractivity contribution is 5.79. The van der Waals surface area contributed by atoms with Crippen LogP contribution in [0.15, 0.2) is 12.7 Å². The first-order valence-corrected chi connectivity index (χ1v) is 5.44. The molecule has 0 bridgehead atoms. The molecule has 17 heavy (non-hydrogen) atoms. The van der Waals surface area contributed by atoms with Gasteiger partial charge < -0.3 is 19.5 Å². The topological polar surface area (TPSA) is 76.1 Å². The quantitative estimate of drug-likeness (QED) is 0.721. The van der Waals surface area contributed by atoms with Crippen molar-refractivity contribution in [3.63, 3.8) is 0 Å². The molecule has 6 heteroatoms. The molecule has 1 N–H and O–H groups in total. The van der Waals surface area contributed by atoms with E-state index < -0.39 is 17.5 Å². The monoisotopic (exact) mass is 241 g/mol. The molecule has 0 spiro atoms. The minimum Gasteiger partial charge on any atom is -0.481 e. The fourth-order valence-electron chi connectivity index (χ4n) is 2.40. The summed E-state index contributed by atoms with van der Waals surface area (Å²) in [6.45, 7) is 4.67. The Kier molecular flexibility index (Phi) is 3.06. The lowest BCUT2D eigenvalue weighted by molar-refractivity contribution is -0.149. The zero-order chi connectivity index (χ0) is 12.5. The van der Waals surface area contributed by atoms with Crippen molar-refractivity contribution in [2.45, 2.75) is 0 Å². The average Bonchev–Trinajstić information content (AvgIpc) is 2.82. The molecular formula is C11H15NO5. The largest absolute Gasteiger partial charge is 0.481 e. The molecule has 2 aliphatic rings. The third kappa shape index (κ3) is 1.88. The predicted molar refractivity (Wildman–Crippen MR) is 57.5 cm³/mol. The summed E-state index contributed by atoms with van der Waals surface area (Å²) in [5.41, 5.74) is -0.951. The molecule has 2 heterocycles. The molecule has 0 saturated carbocycles. The lowest BCUT2D eigenvalue weighted by atomic mass is 9.81. The number of carboxylic acids is 1. The third-order valence-corrected chi connectivity index (χ3v) is 3.38. The standard InChI is InChI=1S/C11H15NO5/c1-2-3-17-10(15)12-4-8-5-16-7-11(8,6-12)9(13)14/h2,8H,1,3-7H2,(H,13,14)/t8-,11-/m1/s1. The number of nitrogens with zero attached hydrogens (tertiary/aromatic N) is 1. The molecule has 2 atom stereocenters. The normalized spacial score (nSPS) is 31.1. The van der Waals surface area contributed by atoms with E-state index in [1.807, 2.05) is 0 Å². The fraction of sp³-hybridized carbons (Fsp3) is 0.636. The SMILES string of the molecule is C=CCOC(=O)N1C[C@@H]2COC[C@]2(C(=O)O)C1. The lowest BCUT2D eigenvalue weighted by Crippen LogP contribution is -2.40. The number of hydrogen-bond acceptors (Lipinski definition) is 4. The maximum absolute atomic E-state index is 11.6. The smallest absolute Gasteiger partial charge is 0.410 e.